The van der Waals surface area contributed by atoms with E-state index in [1.54, 1.807) is 0 Å². The number of carboxylic acids is 1. The van der Waals surface area contributed by atoms with Crippen LogP contribution < -0.4 is 5.32 Å². The Balaban J connectivity index is 3.78. The molecule has 2 unspecified atom stereocenters. The molecule has 0 aromatic rings. The van der Waals surface area contributed by atoms with E-state index < -0.39 is 22.7 Å². The second kappa shape index (κ2) is 8.62. The minimum absolute atomic E-state index is 0.465. The molecule has 100 valence electrons. The van der Waals surface area contributed by atoms with Gasteiger partial charge in [-0.25, -0.2) is 4.79 Å². The van der Waals surface area contributed by atoms with E-state index >= 15 is 0 Å². The Morgan fingerprint density at radius 1 is 1.35 bits per heavy atom. The summed E-state index contributed by atoms with van der Waals surface area (Å²) < 4.78 is 4.76. The minimum atomic E-state index is -1.36. The van der Waals surface area contributed by atoms with E-state index in [4.69, 9.17) is 9.84 Å². The standard InChI is InChI=1S/C9H18N2O4S2/c1-11(2)5-3-4-10-6(12)8(16)15-9(17)7(13)14/h8-9,16-17H,3-5H2,1-2H3,(H,10,12)(H,13,14). The second-order valence-corrected chi connectivity index (χ2v) is 4.56. The third kappa shape index (κ3) is 8.31. The summed E-state index contributed by atoms with van der Waals surface area (Å²) in [6.45, 7) is 1.34. The Labute approximate surface area is 112 Å². The van der Waals surface area contributed by atoms with Crippen LogP contribution in [0.25, 0.3) is 0 Å². The van der Waals surface area contributed by atoms with Crippen LogP contribution in [-0.4, -0.2) is 59.9 Å². The van der Waals surface area contributed by atoms with Crippen molar-refractivity contribution in [2.45, 2.75) is 17.3 Å². The van der Waals surface area contributed by atoms with Crippen LogP contribution in [0.4, 0.5) is 0 Å². The van der Waals surface area contributed by atoms with Gasteiger partial charge in [0.1, 0.15) is 0 Å². The number of thiol groups is 2. The molecule has 17 heavy (non-hydrogen) atoms. The Morgan fingerprint density at radius 3 is 2.41 bits per heavy atom. The Hall–Kier alpha value is -0.440. The maximum atomic E-state index is 11.4. The molecule has 0 aromatic carbocycles. The van der Waals surface area contributed by atoms with Crippen LogP contribution in [-0.2, 0) is 14.3 Å². The average Bonchev–Trinajstić information content (AvgIpc) is 2.23. The van der Waals surface area contributed by atoms with Gasteiger partial charge in [-0.05, 0) is 27.1 Å². The molecule has 0 aromatic heterocycles. The van der Waals surface area contributed by atoms with E-state index in [0.717, 1.165) is 13.0 Å². The maximum Gasteiger partial charge on any atom is 0.343 e. The summed E-state index contributed by atoms with van der Waals surface area (Å²) >= 11 is 7.48. The predicted octanol–water partition coefficient (Wildman–Crippen LogP) is -0.333. The van der Waals surface area contributed by atoms with E-state index in [1.165, 1.54) is 0 Å². The molecule has 0 aliphatic carbocycles. The summed E-state index contributed by atoms with van der Waals surface area (Å²) in [5.74, 6) is -1.72. The molecular formula is C9H18N2O4S2. The molecule has 0 bridgehead atoms. The molecular weight excluding hydrogens is 264 g/mol. The fourth-order valence-corrected chi connectivity index (χ4v) is 1.37. The van der Waals surface area contributed by atoms with Crippen molar-refractivity contribution in [1.29, 1.82) is 0 Å². The van der Waals surface area contributed by atoms with E-state index in [-0.39, 0.29) is 0 Å². The quantitative estimate of drug-likeness (QED) is 0.278. The van der Waals surface area contributed by atoms with Gasteiger partial charge >= 0.3 is 5.97 Å². The van der Waals surface area contributed by atoms with Crippen molar-refractivity contribution < 1.29 is 19.4 Å². The van der Waals surface area contributed by atoms with Gasteiger partial charge in [-0.2, -0.15) is 0 Å². The van der Waals surface area contributed by atoms with E-state index in [0.29, 0.717) is 6.54 Å². The minimum Gasteiger partial charge on any atom is -0.479 e. The lowest BCUT2D eigenvalue weighted by molar-refractivity contribution is -0.147. The third-order valence-electron chi connectivity index (χ3n) is 1.77. The first-order valence-corrected chi connectivity index (χ1v) is 6.04. The number of amides is 1. The molecule has 0 aliphatic rings. The molecule has 0 heterocycles. The van der Waals surface area contributed by atoms with Crippen LogP contribution in [0.2, 0.25) is 0 Å². The number of rotatable bonds is 8. The number of carbonyl (C=O) groups excluding carboxylic acids is 1. The van der Waals surface area contributed by atoms with Crippen molar-refractivity contribution in [3.8, 4) is 0 Å². The fourth-order valence-electron chi connectivity index (χ4n) is 0.936. The second-order valence-electron chi connectivity index (χ2n) is 3.63. The van der Waals surface area contributed by atoms with Crippen LogP contribution in [0.1, 0.15) is 6.42 Å². The topological polar surface area (TPSA) is 78.9 Å². The predicted molar refractivity (Wildman–Crippen MR) is 70.4 cm³/mol. The van der Waals surface area contributed by atoms with Gasteiger partial charge in [0.05, 0.1) is 0 Å². The fraction of sp³-hybridized carbons (Fsp3) is 0.778. The summed E-state index contributed by atoms with van der Waals surface area (Å²) in [5.41, 5.74) is -2.49. The monoisotopic (exact) mass is 282 g/mol. The Bertz CT molecular complexity index is 263. The van der Waals surface area contributed by atoms with Gasteiger partial charge in [-0.15, -0.1) is 25.3 Å². The molecule has 0 spiro atoms. The number of hydrogen-bond acceptors (Lipinski definition) is 6. The first-order valence-electron chi connectivity index (χ1n) is 5.01. The highest BCUT2D eigenvalue weighted by Crippen LogP contribution is 2.06. The summed E-state index contributed by atoms with van der Waals surface area (Å²) in [6.07, 6.45) is 0.794. The zero-order valence-corrected chi connectivity index (χ0v) is 11.6. The number of nitrogens with one attached hydrogen (secondary N) is 1. The molecule has 1 amide bonds. The molecule has 0 fully saturated rings. The van der Waals surface area contributed by atoms with E-state index in [1.807, 2.05) is 19.0 Å². The Morgan fingerprint density at radius 2 is 1.94 bits per heavy atom. The molecule has 0 saturated carbocycles. The molecule has 6 nitrogen and oxygen atoms in total. The Kier molecular flexibility index (Phi) is 8.40. The SMILES string of the molecule is CN(C)CCCNC(=O)C(S)OC(S)C(=O)O. The molecule has 0 radical (unpaired) electrons. The highest BCUT2D eigenvalue weighted by molar-refractivity contribution is 7.82. The molecule has 0 rings (SSSR count). The molecule has 8 heteroatoms. The van der Waals surface area contributed by atoms with Crippen LogP contribution in [0.3, 0.4) is 0 Å². The van der Waals surface area contributed by atoms with Gasteiger partial charge < -0.3 is 20.1 Å². The number of hydrogen-bond donors (Lipinski definition) is 4. The third-order valence-corrected chi connectivity index (χ3v) is 2.47. The van der Waals surface area contributed by atoms with Crippen molar-refractivity contribution in [2.75, 3.05) is 27.2 Å². The summed E-state index contributed by atoms with van der Waals surface area (Å²) in [5, 5.41) is 11.1. The van der Waals surface area contributed by atoms with Crippen LogP contribution in [0.15, 0.2) is 0 Å². The number of carboxylic acid groups (broad SMARTS) is 1. The van der Waals surface area contributed by atoms with Gasteiger partial charge in [0.15, 0.2) is 10.9 Å². The van der Waals surface area contributed by atoms with Gasteiger partial charge in [-0.1, -0.05) is 0 Å². The van der Waals surface area contributed by atoms with Crippen molar-refractivity contribution >= 4 is 37.1 Å². The maximum absolute atomic E-state index is 11.4. The lowest BCUT2D eigenvalue weighted by Gasteiger charge is -2.15. The van der Waals surface area contributed by atoms with Gasteiger partial charge in [0.25, 0.3) is 5.91 Å². The van der Waals surface area contributed by atoms with Gasteiger partial charge in [-0.3, -0.25) is 4.79 Å². The highest BCUT2D eigenvalue weighted by atomic mass is 32.1. The van der Waals surface area contributed by atoms with Crippen LogP contribution in [0, 0.1) is 0 Å². The first-order chi connectivity index (χ1) is 7.84. The lowest BCUT2D eigenvalue weighted by Crippen LogP contribution is -2.37. The zero-order chi connectivity index (χ0) is 13.4. The summed E-state index contributed by atoms with van der Waals surface area (Å²) in [6, 6.07) is 0. The zero-order valence-electron chi connectivity index (χ0n) is 9.79. The highest BCUT2D eigenvalue weighted by Gasteiger charge is 2.21. The molecule has 2 N–H and O–H groups in total. The molecule has 0 saturated heterocycles. The average molecular weight is 282 g/mol. The summed E-state index contributed by atoms with van der Waals surface area (Å²) in [7, 11) is 3.87. The molecule has 0 aliphatic heterocycles. The first kappa shape index (κ1) is 16.6. The van der Waals surface area contributed by atoms with Crippen LogP contribution >= 0.6 is 25.3 Å². The number of nitrogens with zero attached hydrogens (tertiary/aromatic N) is 1. The van der Waals surface area contributed by atoms with Crippen molar-refractivity contribution in [3.63, 3.8) is 0 Å². The van der Waals surface area contributed by atoms with Gasteiger partial charge in [0.2, 0.25) is 0 Å². The van der Waals surface area contributed by atoms with E-state index in [9.17, 15) is 9.59 Å². The molecule has 2 atom stereocenters. The normalized spacial score (nSPS) is 14.4. The van der Waals surface area contributed by atoms with Crippen molar-refractivity contribution in [2.24, 2.45) is 0 Å². The number of aliphatic carboxylic acids is 1. The number of ether oxygens (including phenoxy) is 1. The van der Waals surface area contributed by atoms with Crippen LogP contribution in [0.5, 0.6) is 0 Å². The smallest absolute Gasteiger partial charge is 0.343 e. The van der Waals surface area contributed by atoms with Crippen molar-refractivity contribution in [3.05, 3.63) is 0 Å². The van der Waals surface area contributed by atoms with E-state index in [2.05, 4.69) is 30.6 Å². The summed E-state index contributed by atoms with van der Waals surface area (Å²) in [4.78, 5) is 23.8. The lowest BCUT2D eigenvalue weighted by atomic mass is 10.4. The van der Waals surface area contributed by atoms with Crippen molar-refractivity contribution in [1.82, 2.24) is 10.2 Å². The number of carbonyl (C=O) groups is 2. The van der Waals surface area contributed by atoms with Gasteiger partial charge in [0, 0.05) is 6.54 Å². The largest absolute Gasteiger partial charge is 0.479 e.